The molecule has 140 valence electrons. The van der Waals surface area contributed by atoms with Gasteiger partial charge in [-0.25, -0.2) is 0 Å². The Bertz CT molecular complexity index is 699. The highest BCUT2D eigenvalue weighted by Gasteiger charge is 2.16. The van der Waals surface area contributed by atoms with Crippen molar-refractivity contribution in [2.45, 2.75) is 6.92 Å². The van der Waals surface area contributed by atoms with Crippen molar-refractivity contribution in [1.29, 1.82) is 0 Å². The third kappa shape index (κ3) is 6.08. The average Bonchev–Trinajstić information content (AvgIpc) is 2.63. The van der Waals surface area contributed by atoms with E-state index in [1.807, 2.05) is 68.4 Å². The second kappa shape index (κ2) is 9.82. The van der Waals surface area contributed by atoms with Crippen LogP contribution in [-0.4, -0.2) is 63.2 Å². The van der Waals surface area contributed by atoms with Gasteiger partial charge < -0.3 is 19.3 Å². The summed E-state index contributed by atoms with van der Waals surface area (Å²) in [6.45, 7) is 4.31. The monoisotopic (exact) mass is 356 g/mol. The molecule has 0 heterocycles. The quantitative estimate of drug-likeness (QED) is 0.692. The number of rotatable bonds is 9. The van der Waals surface area contributed by atoms with E-state index in [0.29, 0.717) is 31.1 Å². The Morgan fingerprint density at radius 2 is 1.54 bits per heavy atom. The van der Waals surface area contributed by atoms with Crippen LogP contribution in [0.25, 0.3) is 0 Å². The third-order valence-corrected chi connectivity index (χ3v) is 3.98. The van der Waals surface area contributed by atoms with Crippen molar-refractivity contribution in [1.82, 2.24) is 9.80 Å². The number of likely N-dealkylation sites (N-methyl/N-ethyl adjacent to an activating group) is 2. The zero-order chi connectivity index (χ0) is 18.9. The van der Waals surface area contributed by atoms with E-state index in [1.54, 1.807) is 18.0 Å². The lowest BCUT2D eigenvalue weighted by atomic mass is 10.2. The molecular weight excluding hydrogens is 328 g/mol. The van der Waals surface area contributed by atoms with E-state index < -0.39 is 0 Å². The molecule has 0 atom stereocenters. The Morgan fingerprint density at radius 3 is 2.23 bits per heavy atom. The van der Waals surface area contributed by atoms with Crippen LogP contribution in [0.1, 0.15) is 15.9 Å². The Kier molecular flexibility index (Phi) is 7.48. The number of aryl methyl sites for hydroxylation is 1. The number of carbonyl (C=O) groups is 1. The zero-order valence-corrected chi connectivity index (χ0v) is 16.1. The summed E-state index contributed by atoms with van der Waals surface area (Å²) in [4.78, 5) is 16.4. The lowest BCUT2D eigenvalue weighted by Crippen LogP contribution is -2.31. The van der Waals surface area contributed by atoms with Crippen molar-refractivity contribution in [2.75, 3.05) is 47.4 Å². The first-order chi connectivity index (χ1) is 12.5. The highest BCUT2D eigenvalue weighted by atomic mass is 16.5. The predicted molar refractivity (Wildman–Crippen MR) is 104 cm³/mol. The molecular formula is C21H28N2O3. The van der Waals surface area contributed by atoms with E-state index in [4.69, 9.17) is 9.47 Å². The number of benzene rings is 2. The summed E-state index contributed by atoms with van der Waals surface area (Å²) in [7, 11) is 5.75. The van der Waals surface area contributed by atoms with Gasteiger partial charge in [0.2, 0.25) is 0 Å². The van der Waals surface area contributed by atoms with E-state index in [0.717, 1.165) is 12.3 Å². The van der Waals surface area contributed by atoms with Gasteiger partial charge in [-0.2, -0.15) is 0 Å². The summed E-state index contributed by atoms with van der Waals surface area (Å²) in [5, 5.41) is 0. The molecule has 0 unspecified atom stereocenters. The molecule has 0 radical (unpaired) electrons. The molecule has 0 bridgehead atoms. The van der Waals surface area contributed by atoms with Crippen LogP contribution < -0.4 is 9.47 Å². The maximum Gasteiger partial charge on any atom is 0.257 e. The summed E-state index contributed by atoms with van der Waals surface area (Å²) < 4.78 is 11.5. The van der Waals surface area contributed by atoms with Gasteiger partial charge in [0.15, 0.2) is 0 Å². The smallest absolute Gasteiger partial charge is 0.257 e. The Balaban J connectivity index is 1.89. The molecule has 1 amide bonds. The summed E-state index contributed by atoms with van der Waals surface area (Å²) in [5.41, 5.74) is 1.76. The minimum absolute atomic E-state index is 0.0713. The summed E-state index contributed by atoms with van der Waals surface area (Å²) in [5.74, 6) is 1.35. The van der Waals surface area contributed by atoms with Crippen LogP contribution in [0.2, 0.25) is 0 Å². The van der Waals surface area contributed by atoms with E-state index in [1.165, 1.54) is 5.56 Å². The Morgan fingerprint density at radius 1 is 0.885 bits per heavy atom. The number of hydrogen-bond acceptors (Lipinski definition) is 4. The SMILES string of the molecule is Cc1ccc(OCCN(C)C(=O)c2ccccc2OCCN(C)C)cc1. The summed E-state index contributed by atoms with van der Waals surface area (Å²) in [6, 6.07) is 15.2. The van der Waals surface area contributed by atoms with Crippen molar-refractivity contribution in [3.63, 3.8) is 0 Å². The van der Waals surface area contributed by atoms with Crippen molar-refractivity contribution in [2.24, 2.45) is 0 Å². The molecule has 0 fully saturated rings. The fraction of sp³-hybridized carbons (Fsp3) is 0.381. The number of carbonyl (C=O) groups excluding carboxylic acids is 1. The number of hydrogen-bond donors (Lipinski definition) is 0. The van der Waals surface area contributed by atoms with E-state index in [2.05, 4.69) is 0 Å². The fourth-order valence-corrected chi connectivity index (χ4v) is 2.35. The van der Waals surface area contributed by atoms with Gasteiger partial charge in [-0.05, 0) is 45.3 Å². The van der Waals surface area contributed by atoms with Crippen LogP contribution in [0.5, 0.6) is 11.5 Å². The number of amides is 1. The Hall–Kier alpha value is -2.53. The summed E-state index contributed by atoms with van der Waals surface area (Å²) in [6.07, 6.45) is 0. The second-order valence-electron chi connectivity index (χ2n) is 6.54. The van der Waals surface area contributed by atoms with Gasteiger partial charge in [0.05, 0.1) is 12.1 Å². The molecule has 0 spiro atoms. The molecule has 5 heteroatoms. The zero-order valence-electron chi connectivity index (χ0n) is 16.1. The van der Waals surface area contributed by atoms with Gasteiger partial charge in [-0.15, -0.1) is 0 Å². The molecule has 0 saturated carbocycles. The van der Waals surface area contributed by atoms with Crippen molar-refractivity contribution in [3.8, 4) is 11.5 Å². The van der Waals surface area contributed by atoms with E-state index in [9.17, 15) is 4.79 Å². The number of ether oxygens (including phenoxy) is 2. The first kappa shape index (κ1) is 19.8. The maximum absolute atomic E-state index is 12.7. The molecule has 26 heavy (non-hydrogen) atoms. The van der Waals surface area contributed by atoms with E-state index >= 15 is 0 Å². The largest absolute Gasteiger partial charge is 0.492 e. The van der Waals surface area contributed by atoms with Crippen LogP contribution in [0, 0.1) is 6.92 Å². The predicted octanol–water partition coefficient (Wildman–Crippen LogP) is 3.09. The first-order valence-corrected chi connectivity index (χ1v) is 8.79. The van der Waals surface area contributed by atoms with Gasteiger partial charge in [-0.3, -0.25) is 4.79 Å². The topological polar surface area (TPSA) is 42.0 Å². The van der Waals surface area contributed by atoms with Crippen LogP contribution in [0.4, 0.5) is 0 Å². The van der Waals surface area contributed by atoms with Crippen LogP contribution in [0.3, 0.4) is 0 Å². The van der Waals surface area contributed by atoms with Crippen LogP contribution in [-0.2, 0) is 0 Å². The molecule has 0 N–H and O–H groups in total. The average molecular weight is 356 g/mol. The minimum atomic E-state index is -0.0713. The van der Waals surface area contributed by atoms with E-state index in [-0.39, 0.29) is 5.91 Å². The van der Waals surface area contributed by atoms with Crippen LogP contribution >= 0.6 is 0 Å². The molecule has 0 aliphatic carbocycles. The molecule has 2 aromatic rings. The molecule has 0 aliphatic rings. The number of para-hydroxylation sites is 1. The van der Waals surface area contributed by atoms with Crippen molar-refractivity contribution >= 4 is 5.91 Å². The lowest BCUT2D eigenvalue weighted by molar-refractivity contribution is 0.0769. The van der Waals surface area contributed by atoms with Crippen LogP contribution in [0.15, 0.2) is 48.5 Å². The minimum Gasteiger partial charge on any atom is -0.492 e. The third-order valence-electron chi connectivity index (χ3n) is 3.98. The van der Waals surface area contributed by atoms with Gasteiger partial charge in [0.25, 0.3) is 5.91 Å². The Labute approximate surface area is 156 Å². The fourth-order valence-electron chi connectivity index (χ4n) is 2.35. The summed E-state index contributed by atoms with van der Waals surface area (Å²) >= 11 is 0. The van der Waals surface area contributed by atoms with Crippen molar-refractivity contribution < 1.29 is 14.3 Å². The molecule has 2 rings (SSSR count). The first-order valence-electron chi connectivity index (χ1n) is 8.79. The number of nitrogens with zero attached hydrogens (tertiary/aromatic N) is 2. The highest BCUT2D eigenvalue weighted by molar-refractivity contribution is 5.96. The van der Waals surface area contributed by atoms with Gasteiger partial charge in [-0.1, -0.05) is 29.8 Å². The van der Waals surface area contributed by atoms with Gasteiger partial charge in [0, 0.05) is 13.6 Å². The molecule has 2 aromatic carbocycles. The molecule has 5 nitrogen and oxygen atoms in total. The highest BCUT2D eigenvalue weighted by Crippen LogP contribution is 2.19. The van der Waals surface area contributed by atoms with Crippen molar-refractivity contribution in [3.05, 3.63) is 59.7 Å². The molecule has 0 aromatic heterocycles. The molecule has 0 aliphatic heterocycles. The maximum atomic E-state index is 12.7. The molecule has 0 saturated heterocycles. The normalized spacial score (nSPS) is 10.7. The second-order valence-corrected chi connectivity index (χ2v) is 6.54. The van der Waals surface area contributed by atoms with Gasteiger partial charge >= 0.3 is 0 Å². The van der Waals surface area contributed by atoms with Gasteiger partial charge in [0.1, 0.15) is 24.7 Å². The standard InChI is InChI=1S/C21H28N2O3/c1-17-9-11-18(12-10-17)25-16-14-23(4)21(24)19-7-5-6-8-20(19)26-15-13-22(2)3/h5-12H,13-16H2,1-4H3. The lowest BCUT2D eigenvalue weighted by Gasteiger charge is -2.20.